The van der Waals surface area contributed by atoms with Crippen molar-refractivity contribution in [2.24, 2.45) is 0 Å². The summed E-state index contributed by atoms with van der Waals surface area (Å²) in [6.45, 7) is 3.67. The molecule has 9 heteroatoms. The summed E-state index contributed by atoms with van der Waals surface area (Å²) in [7, 11) is 0. The fraction of sp³-hybridized carbons (Fsp3) is 0.364. The largest absolute Gasteiger partial charge is 0.296 e. The summed E-state index contributed by atoms with van der Waals surface area (Å²) >= 11 is 0. The molecule has 2 saturated carbocycles. The minimum absolute atomic E-state index is 0.121. The van der Waals surface area contributed by atoms with E-state index in [1.54, 1.807) is 42.7 Å². The van der Waals surface area contributed by atoms with Crippen molar-refractivity contribution in [3.63, 3.8) is 0 Å². The Hall–Kier alpha value is -4.27. The number of hydrogen-bond acceptors (Lipinski definition) is 7. The maximum atomic E-state index is 14.0. The number of carbonyl (C=O) groups is 1. The third-order valence-electron chi connectivity index (χ3n) is 8.67. The third-order valence-corrected chi connectivity index (χ3v) is 8.67. The van der Waals surface area contributed by atoms with E-state index in [-0.39, 0.29) is 22.5 Å². The smallest absolute Gasteiger partial charge is 0.170 e. The van der Waals surface area contributed by atoms with Crippen LogP contribution in [0.25, 0.3) is 6.08 Å². The van der Waals surface area contributed by atoms with Crippen LogP contribution in [0.4, 0.5) is 8.78 Å². The molecule has 4 aromatic heterocycles. The van der Waals surface area contributed by atoms with E-state index in [1.165, 1.54) is 12.1 Å². The summed E-state index contributed by atoms with van der Waals surface area (Å²) in [5.41, 5.74) is 3.76. The van der Waals surface area contributed by atoms with Crippen molar-refractivity contribution in [2.75, 3.05) is 0 Å². The van der Waals surface area contributed by atoms with Crippen molar-refractivity contribution in [1.82, 2.24) is 30.4 Å². The highest BCUT2D eigenvalue weighted by Crippen LogP contribution is 2.48. The van der Waals surface area contributed by atoms with Gasteiger partial charge in [0.1, 0.15) is 17.3 Å². The Morgan fingerprint density at radius 1 is 0.690 bits per heavy atom. The molecule has 0 saturated heterocycles. The molecule has 4 heterocycles. The first kappa shape index (κ1) is 29.2. The molecule has 0 unspecified atom stereocenters. The van der Waals surface area contributed by atoms with Gasteiger partial charge in [-0.05, 0) is 106 Å². The van der Waals surface area contributed by atoms with Gasteiger partial charge in [-0.2, -0.15) is 15.3 Å². The van der Waals surface area contributed by atoms with Crippen LogP contribution in [0.1, 0.15) is 90.3 Å². The van der Waals surface area contributed by atoms with Crippen LogP contribution in [0.3, 0.4) is 0 Å². The van der Waals surface area contributed by atoms with Crippen LogP contribution < -0.4 is 0 Å². The Bertz CT molecular complexity index is 1390. The first-order chi connectivity index (χ1) is 20.5. The third kappa shape index (κ3) is 6.45. The van der Waals surface area contributed by atoms with E-state index in [9.17, 15) is 13.6 Å². The Morgan fingerprint density at radius 2 is 1.17 bits per heavy atom. The lowest BCUT2D eigenvalue weighted by molar-refractivity contribution is 0.111. The van der Waals surface area contributed by atoms with E-state index in [4.69, 9.17) is 0 Å². The molecule has 0 radical (unpaired) electrons. The van der Waals surface area contributed by atoms with Gasteiger partial charge in [0.25, 0.3) is 0 Å². The Balaban J connectivity index is 0.000000168. The molecule has 0 aromatic carbocycles. The van der Waals surface area contributed by atoms with E-state index >= 15 is 0 Å². The molecule has 0 N–H and O–H groups in total. The van der Waals surface area contributed by atoms with Crippen LogP contribution >= 0.6 is 0 Å². The monoisotopic (exact) mass is 568 g/mol. The first-order valence-corrected chi connectivity index (χ1v) is 14.4. The van der Waals surface area contributed by atoms with E-state index in [2.05, 4.69) is 36.9 Å². The number of aldehydes is 1. The van der Waals surface area contributed by atoms with Crippen molar-refractivity contribution in [3.8, 4) is 0 Å². The Kier molecular flexibility index (Phi) is 9.15. The summed E-state index contributed by atoms with van der Waals surface area (Å²) in [5, 5.41) is 16.1. The number of hydrogen-bond donors (Lipinski definition) is 0. The maximum absolute atomic E-state index is 14.0. The maximum Gasteiger partial charge on any atom is 0.170 e. The topological polar surface area (TPSA) is 94.4 Å². The summed E-state index contributed by atoms with van der Waals surface area (Å²) < 4.78 is 28.0. The second-order valence-electron chi connectivity index (χ2n) is 11.2. The van der Waals surface area contributed by atoms with Crippen LogP contribution in [0.5, 0.6) is 0 Å². The zero-order valence-electron chi connectivity index (χ0n) is 23.6. The van der Waals surface area contributed by atoms with Gasteiger partial charge in [-0.1, -0.05) is 19.4 Å². The standard InChI is InChI=1S/C17H18FN3.C16H16FN3O/c1-2-13-6-7-14(21-20-13)8-11-17(9-4-10-17)16-15(18)5-3-12-19-16;17-14-3-1-10-18-15(14)16(7-2-8-16)9-6-12-4-5-13(11-21)20-19-12/h2-3,5-7,12H,1,4,8-11H2;1,3-5,10-11H,2,6-9H2. The van der Waals surface area contributed by atoms with Crippen molar-refractivity contribution in [1.29, 1.82) is 0 Å². The molecular formula is C33H34F2N6O. The highest BCUT2D eigenvalue weighted by molar-refractivity contribution is 5.71. The van der Waals surface area contributed by atoms with Crippen molar-refractivity contribution in [3.05, 3.63) is 113 Å². The molecular weight excluding hydrogens is 534 g/mol. The fourth-order valence-electron chi connectivity index (χ4n) is 5.88. The highest BCUT2D eigenvalue weighted by Gasteiger charge is 2.42. The van der Waals surface area contributed by atoms with Crippen molar-refractivity contribution >= 4 is 12.4 Å². The molecule has 0 atom stereocenters. The zero-order valence-corrected chi connectivity index (χ0v) is 23.6. The molecule has 2 fully saturated rings. The molecule has 0 bridgehead atoms. The van der Waals surface area contributed by atoms with E-state index in [0.29, 0.717) is 29.8 Å². The lowest BCUT2D eigenvalue weighted by Gasteiger charge is -2.41. The van der Waals surface area contributed by atoms with Gasteiger partial charge in [0.2, 0.25) is 0 Å². The number of carbonyl (C=O) groups excluding carboxylic acids is 1. The molecule has 0 spiro atoms. The average Bonchev–Trinajstić information content (AvgIpc) is 2.98. The van der Waals surface area contributed by atoms with E-state index in [0.717, 1.165) is 74.9 Å². The van der Waals surface area contributed by atoms with E-state index in [1.807, 2.05) is 12.1 Å². The normalized spacial score (nSPS) is 16.2. The molecule has 216 valence electrons. The second kappa shape index (κ2) is 13.1. The Morgan fingerprint density at radius 3 is 1.50 bits per heavy atom. The number of aromatic nitrogens is 6. The fourth-order valence-corrected chi connectivity index (χ4v) is 5.88. The average molecular weight is 569 g/mol. The molecule has 0 aliphatic heterocycles. The van der Waals surface area contributed by atoms with Crippen molar-refractivity contribution < 1.29 is 13.6 Å². The van der Waals surface area contributed by atoms with Crippen molar-refractivity contribution in [2.45, 2.75) is 75.0 Å². The van der Waals surface area contributed by atoms with Crippen LogP contribution in [-0.2, 0) is 23.7 Å². The Labute approximate surface area is 244 Å². The van der Waals surface area contributed by atoms with Gasteiger partial charge in [0.15, 0.2) is 6.29 Å². The zero-order chi connectivity index (χ0) is 29.4. The number of aryl methyl sites for hydroxylation is 2. The molecule has 42 heavy (non-hydrogen) atoms. The quantitative estimate of drug-likeness (QED) is 0.199. The van der Waals surface area contributed by atoms with Crippen LogP contribution in [0.2, 0.25) is 0 Å². The summed E-state index contributed by atoms with van der Waals surface area (Å²) in [6.07, 6.45) is 15.0. The van der Waals surface area contributed by atoms with Crippen LogP contribution in [0, 0.1) is 11.6 Å². The minimum Gasteiger partial charge on any atom is -0.296 e. The summed E-state index contributed by atoms with van der Waals surface area (Å²) in [5.74, 6) is -0.412. The number of nitrogens with zero attached hydrogens (tertiary/aromatic N) is 6. The molecule has 4 aromatic rings. The highest BCUT2D eigenvalue weighted by atomic mass is 19.1. The van der Waals surface area contributed by atoms with Gasteiger partial charge in [-0.3, -0.25) is 14.8 Å². The molecule has 2 aliphatic carbocycles. The lowest BCUT2D eigenvalue weighted by atomic mass is 9.63. The van der Waals surface area contributed by atoms with Gasteiger partial charge >= 0.3 is 0 Å². The van der Waals surface area contributed by atoms with Crippen LogP contribution in [0.15, 0.2) is 67.5 Å². The molecule has 0 amide bonds. The van der Waals surface area contributed by atoms with Gasteiger partial charge in [0.05, 0.1) is 28.5 Å². The summed E-state index contributed by atoms with van der Waals surface area (Å²) in [4.78, 5) is 19.1. The summed E-state index contributed by atoms with van der Waals surface area (Å²) in [6, 6.07) is 13.6. The number of halogens is 2. The SMILES string of the molecule is C=Cc1ccc(CCC2(c3ncccc3F)CCC2)nn1.O=Cc1ccc(CCC2(c3ncccc3F)CCC2)nn1. The van der Waals surface area contributed by atoms with E-state index < -0.39 is 0 Å². The minimum atomic E-state index is -0.223. The second-order valence-corrected chi connectivity index (χ2v) is 11.2. The van der Waals surface area contributed by atoms with Gasteiger partial charge in [0, 0.05) is 23.2 Å². The molecule has 7 nitrogen and oxygen atoms in total. The van der Waals surface area contributed by atoms with Gasteiger partial charge in [-0.25, -0.2) is 8.78 Å². The first-order valence-electron chi connectivity index (χ1n) is 14.4. The lowest BCUT2D eigenvalue weighted by Crippen LogP contribution is -2.36. The predicted octanol–water partition coefficient (Wildman–Crippen LogP) is 6.59. The molecule has 2 aliphatic rings. The predicted molar refractivity (Wildman–Crippen MR) is 156 cm³/mol. The number of pyridine rings is 2. The van der Waals surface area contributed by atoms with Gasteiger partial charge in [-0.15, -0.1) is 5.10 Å². The molecule has 6 rings (SSSR count). The number of rotatable bonds is 10. The van der Waals surface area contributed by atoms with Gasteiger partial charge < -0.3 is 0 Å². The van der Waals surface area contributed by atoms with Crippen LogP contribution in [-0.4, -0.2) is 36.6 Å².